The number of nitrogens with two attached hydrogens (primary N) is 1. The number of rotatable bonds is 18. The smallest absolute Gasteiger partial charge is 0.326 e. The topological polar surface area (TPSA) is 200 Å². The van der Waals surface area contributed by atoms with Gasteiger partial charge in [0, 0.05) is 0 Å². The van der Waals surface area contributed by atoms with E-state index >= 15 is 0 Å². The highest BCUT2D eigenvalue weighted by Crippen LogP contribution is 2.12. The number of thioether (sulfide) groups is 1. The highest BCUT2D eigenvalue weighted by atomic mass is 32.2. The molecule has 0 saturated carbocycles. The van der Waals surface area contributed by atoms with E-state index in [9.17, 15) is 34.2 Å². The summed E-state index contributed by atoms with van der Waals surface area (Å²) < 4.78 is 0. The molecule has 0 aromatic heterocycles. The minimum atomic E-state index is -1.18. The summed E-state index contributed by atoms with van der Waals surface area (Å²) in [6.45, 7) is 4.62. The van der Waals surface area contributed by atoms with Crippen molar-refractivity contribution in [2.45, 2.75) is 50.7 Å². The molecule has 4 amide bonds. The third-order valence-electron chi connectivity index (χ3n) is 5.75. The van der Waals surface area contributed by atoms with Gasteiger partial charge in [0.1, 0.15) is 17.8 Å². The van der Waals surface area contributed by atoms with Gasteiger partial charge in [-0.3, -0.25) is 19.2 Å². The van der Waals surface area contributed by atoms with Gasteiger partial charge in [-0.2, -0.15) is 11.8 Å². The fourth-order valence-electron chi connectivity index (χ4n) is 3.50. The van der Waals surface area contributed by atoms with Gasteiger partial charge in [0.05, 0.1) is 19.1 Å². The van der Waals surface area contributed by atoms with Crippen LogP contribution in [-0.2, 0) is 30.4 Å². The van der Waals surface area contributed by atoms with E-state index in [1.807, 2.05) is 13.2 Å². The summed E-state index contributed by atoms with van der Waals surface area (Å²) in [6, 6.07) is 3.08. The lowest BCUT2D eigenvalue weighted by molar-refractivity contribution is -0.142. The van der Waals surface area contributed by atoms with Crippen LogP contribution in [0, 0.1) is 0 Å². The normalized spacial score (nSPS) is 13.3. The van der Waals surface area contributed by atoms with E-state index in [4.69, 9.17) is 5.73 Å². The largest absolute Gasteiger partial charge is 0.508 e. The molecule has 0 unspecified atom stereocenters. The van der Waals surface area contributed by atoms with E-state index in [0.717, 1.165) is 11.1 Å². The Morgan fingerprint density at radius 3 is 2.23 bits per heavy atom. The molecule has 0 heterocycles. The predicted molar refractivity (Wildman–Crippen MR) is 153 cm³/mol. The zero-order chi connectivity index (χ0) is 30.1. The van der Waals surface area contributed by atoms with Crippen LogP contribution in [0.5, 0.6) is 5.75 Å². The molecule has 1 aromatic rings. The van der Waals surface area contributed by atoms with Crippen molar-refractivity contribution in [3.8, 4) is 5.75 Å². The van der Waals surface area contributed by atoms with Crippen LogP contribution in [0.1, 0.15) is 31.7 Å². The molecular formula is C27H39N5O7S. The number of amides is 4. The Morgan fingerprint density at radius 1 is 1.00 bits per heavy atom. The predicted octanol–water partition coefficient (Wildman–Crippen LogP) is 0.214. The zero-order valence-corrected chi connectivity index (χ0v) is 23.6. The van der Waals surface area contributed by atoms with Crippen LogP contribution in [-0.4, -0.2) is 83.0 Å². The Labute approximate surface area is 238 Å². The monoisotopic (exact) mass is 577 g/mol. The number of phenolic OH excluding ortho intramolecular Hbond substituents is 1. The Morgan fingerprint density at radius 2 is 1.65 bits per heavy atom. The number of aliphatic carboxylic acids is 1. The number of benzene rings is 1. The Balaban J connectivity index is 2.67. The van der Waals surface area contributed by atoms with Gasteiger partial charge in [-0.05, 0) is 55.4 Å². The number of hydrogen-bond acceptors (Lipinski definition) is 8. The lowest BCUT2D eigenvalue weighted by Crippen LogP contribution is -2.53. The molecular weight excluding hydrogens is 538 g/mol. The number of nitrogens with one attached hydrogen (secondary N) is 4. The summed E-state index contributed by atoms with van der Waals surface area (Å²) in [7, 11) is 0. The number of carboxylic acid groups (broad SMARTS) is 1. The van der Waals surface area contributed by atoms with E-state index in [1.165, 1.54) is 23.9 Å². The van der Waals surface area contributed by atoms with Crippen LogP contribution in [0.15, 0.2) is 48.6 Å². The highest BCUT2D eigenvalue weighted by molar-refractivity contribution is 7.98. The van der Waals surface area contributed by atoms with Crippen LogP contribution < -0.4 is 27.0 Å². The van der Waals surface area contributed by atoms with Gasteiger partial charge in [-0.25, -0.2) is 4.79 Å². The van der Waals surface area contributed by atoms with Gasteiger partial charge < -0.3 is 37.2 Å². The second-order valence-corrected chi connectivity index (χ2v) is 9.88. The summed E-state index contributed by atoms with van der Waals surface area (Å²) in [5.74, 6) is -3.12. The minimum Gasteiger partial charge on any atom is -0.508 e. The van der Waals surface area contributed by atoms with E-state index in [1.54, 1.807) is 24.3 Å². The molecule has 3 atom stereocenters. The molecule has 1 rings (SSSR count). The average molecular weight is 578 g/mol. The maximum atomic E-state index is 12.9. The van der Waals surface area contributed by atoms with E-state index in [0.29, 0.717) is 12.2 Å². The van der Waals surface area contributed by atoms with Crippen molar-refractivity contribution in [2.24, 2.45) is 5.73 Å². The lowest BCUT2D eigenvalue weighted by atomic mass is 10.0. The van der Waals surface area contributed by atoms with Crippen molar-refractivity contribution in [1.82, 2.24) is 21.3 Å². The van der Waals surface area contributed by atoms with Gasteiger partial charge >= 0.3 is 5.97 Å². The van der Waals surface area contributed by atoms with Crippen molar-refractivity contribution in [1.29, 1.82) is 0 Å². The molecule has 0 spiro atoms. The van der Waals surface area contributed by atoms with Gasteiger partial charge in [0.15, 0.2) is 0 Å². The molecule has 12 nitrogen and oxygen atoms in total. The number of carbonyl (C=O) groups is 5. The molecule has 8 N–H and O–H groups in total. The quantitative estimate of drug-likeness (QED) is 0.119. The minimum absolute atomic E-state index is 0.0871. The number of carboxylic acids is 1. The third-order valence-corrected chi connectivity index (χ3v) is 6.39. The average Bonchev–Trinajstić information content (AvgIpc) is 2.92. The van der Waals surface area contributed by atoms with Crippen molar-refractivity contribution in [3.63, 3.8) is 0 Å². The molecule has 0 aliphatic rings. The van der Waals surface area contributed by atoms with Crippen LogP contribution >= 0.6 is 11.8 Å². The Hall–Kier alpha value is -3.84. The van der Waals surface area contributed by atoms with Crippen LogP contribution in [0.4, 0.5) is 0 Å². The molecule has 0 radical (unpaired) electrons. The van der Waals surface area contributed by atoms with E-state index in [2.05, 4.69) is 27.8 Å². The number of phenols is 1. The first-order valence-electron chi connectivity index (χ1n) is 12.7. The zero-order valence-electron chi connectivity index (χ0n) is 22.8. The summed E-state index contributed by atoms with van der Waals surface area (Å²) in [5.41, 5.74) is 7.41. The van der Waals surface area contributed by atoms with Crippen LogP contribution in [0.3, 0.4) is 0 Å². The van der Waals surface area contributed by atoms with Gasteiger partial charge in [0.2, 0.25) is 23.6 Å². The van der Waals surface area contributed by atoms with Gasteiger partial charge in [-0.15, -0.1) is 0 Å². The molecule has 13 heteroatoms. The number of hydrogen-bond donors (Lipinski definition) is 7. The van der Waals surface area contributed by atoms with Crippen molar-refractivity contribution < 1.29 is 34.2 Å². The SMILES string of the molecule is C=C/C=C(\CC)C[C@H](NC(=O)CNC(=O)CNC(=O)[C@@H](N)Cc1ccc(O)cc1)C(=O)N[C@@H](CCSC)C(=O)O. The van der Waals surface area contributed by atoms with Crippen molar-refractivity contribution in [2.75, 3.05) is 25.1 Å². The molecule has 0 bridgehead atoms. The highest BCUT2D eigenvalue weighted by Gasteiger charge is 2.27. The maximum absolute atomic E-state index is 12.9. The first-order chi connectivity index (χ1) is 19.0. The summed E-state index contributed by atoms with van der Waals surface area (Å²) in [6.07, 6.45) is 6.20. The van der Waals surface area contributed by atoms with E-state index < -0.39 is 60.8 Å². The summed E-state index contributed by atoms with van der Waals surface area (Å²) in [4.78, 5) is 61.5. The number of carbonyl (C=O) groups excluding carboxylic acids is 4. The first kappa shape index (κ1) is 34.2. The van der Waals surface area contributed by atoms with Gasteiger partial charge in [-0.1, -0.05) is 43.4 Å². The molecule has 0 saturated heterocycles. The Kier molecular flexibility index (Phi) is 15.8. The third kappa shape index (κ3) is 13.3. The Bertz CT molecular complexity index is 1060. The van der Waals surface area contributed by atoms with Gasteiger partial charge in [0.25, 0.3) is 0 Å². The molecule has 1 aromatic carbocycles. The lowest BCUT2D eigenvalue weighted by Gasteiger charge is -2.22. The molecule has 0 aliphatic carbocycles. The van der Waals surface area contributed by atoms with Crippen molar-refractivity contribution in [3.05, 3.63) is 54.1 Å². The van der Waals surface area contributed by atoms with Crippen molar-refractivity contribution >= 4 is 41.4 Å². The van der Waals surface area contributed by atoms with Crippen LogP contribution in [0.2, 0.25) is 0 Å². The molecule has 0 fully saturated rings. The molecule has 0 aliphatic heterocycles. The second kappa shape index (κ2) is 18.4. The van der Waals surface area contributed by atoms with Crippen LogP contribution in [0.25, 0.3) is 0 Å². The first-order valence-corrected chi connectivity index (χ1v) is 14.1. The summed E-state index contributed by atoms with van der Waals surface area (Å²) >= 11 is 1.45. The standard InChI is InChI=1S/C27H39N5O7S/c1-4-6-17(5-2)14-22(26(37)32-21(27(38)39)11-12-40-3)31-24(35)16-29-23(34)15-30-25(36)20(28)13-18-7-9-19(33)10-8-18/h4,6-10,20-22,33H,1,5,11-16,28H2,2-3H3,(H,29,34)(H,30,36)(H,31,35)(H,32,37)(H,38,39)/b17-6+/t20-,21-,22-/m0/s1. The molecule has 220 valence electrons. The fourth-order valence-corrected chi connectivity index (χ4v) is 3.97. The second-order valence-electron chi connectivity index (χ2n) is 8.89. The number of allylic oxidation sites excluding steroid dienone is 2. The van der Waals surface area contributed by atoms with E-state index in [-0.39, 0.29) is 25.0 Å². The maximum Gasteiger partial charge on any atom is 0.326 e. The number of aromatic hydroxyl groups is 1. The molecule has 40 heavy (non-hydrogen) atoms. The fraction of sp³-hybridized carbons (Fsp3) is 0.444. The summed E-state index contributed by atoms with van der Waals surface area (Å²) in [5, 5.41) is 28.6.